The summed E-state index contributed by atoms with van der Waals surface area (Å²) in [6, 6.07) is 10.9. The van der Waals surface area contributed by atoms with Crippen LogP contribution in [0.25, 0.3) is 0 Å². The van der Waals surface area contributed by atoms with Gasteiger partial charge in [-0.3, -0.25) is 4.79 Å². The maximum atomic E-state index is 13.3. The zero-order chi connectivity index (χ0) is 26.8. The van der Waals surface area contributed by atoms with Gasteiger partial charge >= 0.3 is 12.4 Å². The molecule has 4 rings (SSSR count). The first kappa shape index (κ1) is 27.4. The highest BCUT2D eigenvalue weighted by Gasteiger charge is 2.38. The van der Waals surface area contributed by atoms with Crippen LogP contribution in [0.4, 0.5) is 26.3 Å². The molecule has 0 radical (unpaired) electrons. The quantitative estimate of drug-likeness (QED) is 0.449. The van der Waals surface area contributed by atoms with E-state index in [9.17, 15) is 31.1 Å². The number of likely N-dealkylation sites (tertiary alicyclic amines) is 2. The van der Waals surface area contributed by atoms with Gasteiger partial charge in [0.05, 0.1) is 23.8 Å². The molecule has 10 heteroatoms. The number of rotatable bonds is 5. The molecule has 2 fully saturated rings. The Morgan fingerprint density at radius 3 is 2.05 bits per heavy atom. The molecular formula is C27H30F6N2O2. The maximum absolute atomic E-state index is 13.3. The van der Waals surface area contributed by atoms with Gasteiger partial charge in [-0.1, -0.05) is 30.3 Å². The van der Waals surface area contributed by atoms with Gasteiger partial charge in [-0.25, -0.2) is 0 Å². The molecular weight excluding hydrogens is 498 g/mol. The first-order chi connectivity index (χ1) is 17.4. The molecule has 2 aromatic rings. The summed E-state index contributed by atoms with van der Waals surface area (Å²) in [7, 11) is 2.02. The number of amides is 1. The number of nitrogens with zero attached hydrogens (tertiary/aromatic N) is 2. The van der Waals surface area contributed by atoms with Gasteiger partial charge in [-0.15, -0.1) is 0 Å². The fourth-order valence-corrected chi connectivity index (χ4v) is 5.17. The standard InChI is InChI=1S/C27H30F6N2O2/c1-34-10-7-20(8-11-34)25(36)35-12-9-24(23(16-35)19-5-3-2-4-6-19)37-17-18-13-21(26(28,29)30)15-22(14-18)27(31,32)33/h2-6,13-15,20,23-24H,7-12,16-17H2,1H3/t23-,24-/m1/s1. The first-order valence-electron chi connectivity index (χ1n) is 12.3. The molecule has 2 saturated heterocycles. The van der Waals surface area contributed by atoms with E-state index in [4.69, 9.17) is 4.74 Å². The van der Waals surface area contributed by atoms with Crippen molar-refractivity contribution in [1.82, 2.24) is 9.80 Å². The molecule has 202 valence electrons. The topological polar surface area (TPSA) is 32.8 Å². The van der Waals surface area contributed by atoms with Crippen LogP contribution in [-0.4, -0.2) is 55.0 Å². The van der Waals surface area contributed by atoms with Crippen LogP contribution in [0.2, 0.25) is 0 Å². The molecule has 1 amide bonds. The molecule has 0 N–H and O–H groups in total. The van der Waals surface area contributed by atoms with E-state index in [0.29, 0.717) is 31.6 Å². The third-order valence-electron chi connectivity index (χ3n) is 7.27. The lowest BCUT2D eigenvalue weighted by atomic mass is 9.86. The van der Waals surface area contributed by atoms with Gasteiger partial charge in [0, 0.05) is 24.9 Å². The summed E-state index contributed by atoms with van der Waals surface area (Å²) >= 11 is 0. The summed E-state index contributed by atoms with van der Waals surface area (Å²) in [5.41, 5.74) is -2.01. The van der Waals surface area contributed by atoms with Gasteiger partial charge in [0.2, 0.25) is 5.91 Å². The van der Waals surface area contributed by atoms with Crippen molar-refractivity contribution < 1.29 is 35.9 Å². The third-order valence-corrected chi connectivity index (χ3v) is 7.27. The maximum Gasteiger partial charge on any atom is 0.416 e. The number of alkyl halides is 6. The minimum atomic E-state index is -4.91. The SMILES string of the molecule is CN1CCC(C(=O)N2CC[C@@H](OCc3cc(C(F)(F)F)cc(C(F)(F)F)c3)[C@@H](c3ccccc3)C2)CC1. The van der Waals surface area contributed by atoms with Crippen molar-refractivity contribution in [3.8, 4) is 0 Å². The van der Waals surface area contributed by atoms with Crippen molar-refractivity contribution in [2.24, 2.45) is 5.92 Å². The summed E-state index contributed by atoms with van der Waals surface area (Å²) in [5, 5.41) is 0. The lowest BCUT2D eigenvalue weighted by Crippen LogP contribution is -2.49. The minimum absolute atomic E-state index is 0.0454. The van der Waals surface area contributed by atoms with Gasteiger partial charge in [-0.2, -0.15) is 26.3 Å². The molecule has 2 aliphatic rings. The van der Waals surface area contributed by atoms with E-state index in [2.05, 4.69) is 4.90 Å². The summed E-state index contributed by atoms with van der Waals surface area (Å²) < 4.78 is 85.5. The highest BCUT2D eigenvalue weighted by molar-refractivity contribution is 5.79. The van der Waals surface area contributed by atoms with E-state index >= 15 is 0 Å². The summed E-state index contributed by atoms with van der Waals surface area (Å²) in [6.45, 7) is 2.12. The summed E-state index contributed by atoms with van der Waals surface area (Å²) in [4.78, 5) is 17.3. The number of piperidine rings is 2. The smallest absolute Gasteiger partial charge is 0.373 e. The Morgan fingerprint density at radius 2 is 1.49 bits per heavy atom. The van der Waals surface area contributed by atoms with Crippen molar-refractivity contribution in [3.63, 3.8) is 0 Å². The van der Waals surface area contributed by atoms with Crippen LogP contribution in [0.3, 0.4) is 0 Å². The van der Waals surface area contributed by atoms with Crippen LogP contribution in [-0.2, 0) is 28.5 Å². The predicted molar refractivity (Wildman–Crippen MR) is 126 cm³/mol. The molecule has 37 heavy (non-hydrogen) atoms. The van der Waals surface area contributed by atoms with Crippen molar-refractivity contribution in [2.75, 3.05) is 33.2 Å². The zero-order valence-electron chi connectivity index (χ0n) is 20.5. The van der Waals surface area contributed by atoms with E-state index in [1.165, 1.54) is 0 Å². The highest BCUT2D eigenvalue weighted by atomic mass is 19.4. The number of benzene rings is 2. The molecule has 0 bridgehead atoms. The van der Waals surface area contributed by atoms with E-state index in [-0.39, 0.29) is 29.4 Å². The van der Waals surface area contributed by atoms with Gasteiger partial charge in [0.15, 0.2) is 0 Å². The summed E-state index contributed by atoms with van der Waals surface area (Å²) in [5.74, 6) is -0.200. The molecule has 2 aromatic carbocycles. The predicted octanol–water partition coefficient (Wildman–Crippen LogP) is 5.97. The van der Waals surface area contributed by atoms with Crippen LogP contribution in [0, 0.1) is 5.92 Å². The number of ether oxygens (including phenoxy) is 1. The van der Waals surface area contributed by atoms with Gasteiger partial charge < -0.3 is 14.5 Å². The molecule has 2 heterocycles. The van der Waals surface area contributed by atoms with E-state index in [0.717, 1.165) is 31.5 Å². The van der Waals surface area contributed by atoms with Crippen LogP contribution in [0.1, 0.15) is 47.4 Å². The Bertz CT molecular complexity index is 1030. The van der Waals surface area contributed by atoms with Crippen molar-refractivity contribution in [1.29, 1.82) is 0 Å². The fraction of sp³-hybridized carbons (Fsp3) is 0.519. The van der Waals surface area contributed by atoms with Crippen LogP contribution in [0.5, 0.6) is 0 Å². The van der Waals surface area contributed by atoms with E-state index in [1.807, 2.05) is 42.3 Å². The Labute approximate surface area is 212 Å². The lowest BCUT2D eigenvalue weighted by molar-refractivity contribution is -0.143. The Morgan fingerprint density at radius 1 is 0.892 bits per heavy atom. The average molecular weight is 529 g/mol. The number of hydrogen-bond acceptors (Lipinski definition) is 3. The molecule has 2 atom stereocenters. The van der Waals surface area contributed by atoms with E-state index in [1.54, 1.807) is 0 Å². The molecule has 0 aromatic heterocycles. The number of carbonyl (C=O) groups excluding carboxylic acids is 1. The van der Waals surface area contributed by atoms with Crippen LogP contribution < -0.4 is 0 Å². The van der Waals surface area contributed by atoms with Gasteiger partial charge in [0.25, 0.3) is 0 Å². The summed E-state index contributed by atoms with van der Waals surface area (Å²) in [6.07, 6.45) is -8.28. The molecule has 0 saturated carbocycles. The normalized spacial score (nSPS) is 22.3. The minimum Gasteiger partial charge on any atom is -0.373 e. The van der Waals surface area contributed by atoms with Crippen LogP contribution in [0.15, 0.2) is 48.5 Å². The Hall–Kier alpha value is -2.59. The highest BCUT2D eigenvalue weighted by Crippen LogP contribution is 2.37. The average Bonchev–Trinajstić information content (AvgIpc) is 2.87. The van der Waals surface area contributed by atoms with Gasteiger partial charge in [-0.05, 0) is 68.7 Å². The van der Waals surface area contributed by atoms with Crippen molar-refractivity contribution in [2.45, 2.75) is 50.2 Å². The molecule has 4 nitrogen and oxygen atoms in total. The second-order valence-corrected chi connectivity index (χ2v) is 9.93. The molecule has 2 aliphatic heterocycles. The molecule has 0 spiro atoms. The van der Waals surface area contributed by atoms with Crippen molar-refractivity contribution >= 4 is 5.91 Å². The van der Waals surface area contributed by atoms with Gasteiger partial charge in [0.1, 0.15) is 0 Å². The number of halogens is 6. The number of carbonyl (C=O) groups is 1. The first-order valence-corrected chi connectivity index (χ1v) is 12.3. The second kappa shape index (κ2) is 11.0. The fourth-order valence-electron chi connectivity index (χ4n) is 5.17. The molecule has 0 unspecified atom stereocenters. The monoisotopic (exact) mass is 528 g/mol. The van der Waals surface area contributed by atoms with Crippen LogP contribution >= 0.6 is 0 Å². The third kappa shape index (κ3) is 6.84. The molecule has 0 aliphatic carbocycles. The Balaban J connectivity index is 1.51. The zero-order valence-corrected chi connectivity index (χ0v) is 20.5. The Kier molecular flexibility index (Phi) is 8.18. The lowest BCUT2D eigenvalue weighted by Gasteiger charge is -2.41. The van der Waals surface area contributed by atoms with E-state index < -0.39 is 36.2 Å². The largest absolute Gasteiger partial charge is 0.416 e. The second-order valence-electron chi connectivity index (χ2n) is 9.93. The van der Waals surface area contributed by atoms with Crippen molar-refractivity contribution in [3.05, 3.63) is 70.8 Å². The number of hydrogen-bond donors (Lipinski definition) is 0.